The number of aliphatic hydroxyl groups is 1. The van der Waals surface area contributed by atoms with E-state index in [-0.39, 0.29) is 39.5 Å². The number of fused-ring (bicyclic) bond motifs is 2. The highest BCUT2D eigenvalue weighted by Gasteiger charge is 2.37. The Balaban J connectivity index is 1.49. The number of pyridine rings is 1. The van der Waals surface area contributed by atoms with E-state index in [0.29, 0.717) is 16.9 Å². The number of carbonyl (C=O) groups is 2. The molecule has 6 rings (SSSR count). The first-order valence-corrected chi connectivity index (χ1v) is 12.3. The van der Waals surface area contributed by atoms with Crippen molar-refractivity contribution in [1.82, 2.24) is 9.88 Å². The fourth-order valence-electron chi connectivity index (χ4n) is 5.05. The van der Waals surface area contributed by atoms with E-state index in [1.807, 2.05) is 0 Å². The molecule has 2 atom stereocenters. The first kappa shape index (κ1) is 24.8. The predicted octanol–water partition coefficient (Wildman–Crippen LogP) is 4.69. The number of benzene rings is 3. The lowest BCUT2D eigenvalue weighted by Crippen LogP contribution is -2.34. The van der Waals surface area contributed by atoms with E-state index in [1.165, 1.54) is 64.2 Å². The molecule has 196 valence electrons. The van der Waals surface area contributed by atoms with Gasteiger partial charge in [0.05, 0.1) is 35.8 Å². The van der Waals surface area contributed by atoms with Crippen LogP contribution < -0.4 is 21.1 Å². The number of urea groups is 1. The van der Waals surface area contributed by atoms with Crippen molar-refractivity contribution in [3.05, 3.63) is 122 Å². The topological polar surface area (TPSA) is 104 Å². The molecule has 2 aliphatic rings. The van der Waals surface area contributed by atoms with E-state index in [4.69, 9.17) is 11.6 Å². The molecule has 8 nitrogen and oxygen atoms in total. The Morgan fingerprint density at radius 2 is 1.74 bits per heavy atom. The van der Waals surface area contributed by atoms with Gasteiger partial charge in [0.15, 0.2) is 0 Å². The van der Waals surface area contributed by atoms with Crippen molar-refractivity contribution >= 4 is 34.9 Å². The fraction of sp³-hybridized carbons (Fsp3) is 0.107. The van der Waals surface area contributed by atoms with Crippen LogP contribution in [0.2, 0.25) is 5.02 Å². The summed E-state index contributed by atoms with van der Waals surface area (Å²) in [7, 11) is 0. The molecule has 4 aromatic rings. The summed E-state index contributed by atoms with van der Waals surface area (Å²) < 4.78 is 29.3. The molecule has 39 heavy (non-hydrogen) atoms. The van der Waals surface area contributed by atoms with Gasteiger partial charge < -0.3 is 15.7 Å². The van der Waals surface area contributed by atoms with Gasteiger partial charge in [0.1, 0.15) is 11.6 Å². The van der Waals surface area contributed by atoms with E-state index >= 15 is 0 Å². The number of nitrogens with one attached hydrogen (secondary N) is 2. The lowest BCUT2D eigenvalue weighted by Gasteiger charge is -2.22. The van der Waals surface area contributed by atoms with Crippen LogP contribution in [0, 0.1) is 11.6 Å². The first-order chi connectivity index (χ1) is 18.7. The lowest BCUT2D eigenvalue weighted by atomic mass is 9.95. The van der Waals surface area contributed by atoms with Crippen LogP contribution in [-0.2, 0) is 0 Å². The van der Waals surface area contributed by atoms with E-state index in [9.17, 15) is 28.3 Å². The molecule has 0 radical (unpaired) electrons. The lowest BCUT2D eigenvalue weighted by molar-refractivity contribution is 0.0960. The number of aromatic nitrogens is 1. The fourth-order valence-corrected chi connectivity index (χ4v) is 5.28. The SMILES string of the molecule is O=C1N[C@H](c2cc(F)ccc2Cl)c2c(NC(=O)N3C[C@H](O)c4cc(F)ccc43)cc(-n3ccccc3=O)cc21. The summed E-state index contributed by atoms with van der Waals surface area (Å²) in [5.74, 6) is -1.62. The number of carbonyl (C=O) groups excluding carboxylic acids is 2. The maximum absolute atomic E-state index is 14.2. The molecule has 2 aliphatic heterocycles. The minimum atomic E-state index is -1.09. The van der Waals surface area contributed by atoms with Crippen LogP contribution in [-0.4, -0.2) is 28.2 Å². The highest BCUT2D eigenvalue weighted by Crippen LogP contribution is 2.41. The third-order valence-corrected chi connectivity index (χ3v) is 7.17. The number of β-amino-alcohol motifs (C(OH)–C–C–N with tert-alkyl or cyclic N) is 1. The van der Waals surface area contributed by atoms with Crippen LogP contribution in [0.15, 0.2) is 77.7 Å². The third kappa shape index (κ3) is 4.23. The van der Waals surface area contributed by atoms with Crippen molar-refractivity contribution in [2.45, 2.75) is 12.1 Å². The zero-order valence-corrected chi connectivity index (χ0v) is 20.7. The Hall–Kier alpha value is -4.54. The molecule has 3 N–H and O–H groups in total. The number of hydrogen-bond acceptors (Lipinski definition) is 4. The first-order valence-electron chi connectivity index (χ1n) is 11.9. The van der Waals surface area contributed by atoms with Crippen molar-refractivity contribution < 1.29 is 23.5 Å². The summed E-state index contributed by atoms with van der Waals surface area (Å²) in [5.41, 5.74) is 1.46. The largest absolute Gasteiger partial charge is 0.386 e. The van der Waals surface area contributed by atoms with Gasteiger partial charge in [-0.3, -0.25) is 19.1 Å². The second-order valence-electron chi connectivity index (χ2n) is 9.20. The minimum Gasteiger partial charge on any atom is -0.386 e. The van der Waals surface area contributed by atoms with Crippen LogP contribution in [0.3, 0.4) is 0 Å². The van der Waals surface area contributed by atoms with Crippen molar-refractivity contribution in [3.8, 4) is 5.69 Å². The normalized spacial score (nSPS) is 17.5. The summed E-state index contributed by atoms with van der Waals surface area (Å²) >= 11 is 6.37. The maximum Gasteiger partial charge on any atom is 0.326 e. The molecule has 3 heterocycles. The number of nitrogens with zero attached hydrogens (tertiary/aromatic N) is 2. The van der Waals surface area contributed by atoms with Gasteiger partial charge in [0.2, 0.25) is 0 Å². The molecule has 3 aromatic carbocycles. The Bertz CT molecular complexity index is 1740. The summed E-state index contributed by atoms with van der Waals surface area (Å²) in [5, 5.41) is 16.2. The molecule has 0 saturated heterocycles. The van der Waals surface area contributed by atoms with Crippen molar-refractivity contribution in [2.24, 2.45) is 0 Å². The van der Waals surface area contributed by atoms with Gasteiger partial charge in [-0.05, 0) is 54.6 Å². The van der Waals surface area contributed by atoms with Crippen LogP contribution in [0.1, 0.15) is 39.2 Å². The monoisotopic (exact) mass is 548 g/mol. The number of hydrogen-bond donors (Lipinski definition) is 3. The zero-order valence-electron chi connectivity index (χ0n) is 20.0. The molecule has 3 amide bonds. The second-order valence-corrected chi connectivity index (χ2v) is 9.60. The molecule has 0 fully saturated rings. The van der Waals surface area contributed by atoms with Gasteiger partial charge in [-0.1, -0.05) is 17.7 Å². The van der Waals surface area contributed by atoms with Crippen LogP contribution in [0.5, 0.6) is 0 Å². The summed E-state index contributed by atoms with van der Waals surface area (Å²) in [6.07, 6.45) is 0.425. The Morgan fingerprint density at radius 3 is 2.51 bits per heavy atom. The van der Waals surface area contributed by atoms with Crippen LogP contribution in [0.25, 0.3) is 5.69 Å². The Labute approximate surface area is 225 Å². The molecule has 0 aliphatic carbocycles. The highest BCUT2D eigenvalue weighted by molar-refractivity contribution is 6.31. The number of anilines is 2. The summed E-state index contributed by atoms with van der Waals surface area (Å²) in [4.78, 5) is 40.5. The molecule has 0 bridgehead atoms. The van der Waals surface area contributed by atoms with Crippen molar-refractivity contribution in [3.63, 3.8) is 0 Å². The second kappa shape index (κ2) is 9.33. The van der Waals surface area contributed by atoms with E-state index in [1.54, 1.807) is 12.1 Å². The van der Waals surface area contributed by atoms with E-state index in [2.05, 4.69) is 10.6 Å². The number of amides is 3. The van der Waals surface area contributed by atoms with Gasteiger partial charge in [-0.25, -0.2) is 13.6 Å². The van der Waals surface area contributed by atoms with Crippen LogP contribution in [0.4, 0.5) is 25.0 Å². The van der Waals surface area contributed by atoms with E-state index in [0.717, 1.165) is 6.07 Å². The maximum atomic E-state index is 14.2. The third-order valence-electron chi connectivity index (χ3n) is 6.82. The van der Waals surface area contributed by atoms with Gasteiger partial charge in [0.25, 0.3) is 11.5 Å². The number of rotatable bonds is 3. The van der Waals surface area contributed by atoms with Gasteiger partial charge in [-0.15, -0.1) is 0 Å². The van der Waals surface area contributed by atoms with Gasteiger partial charge in [0, 0.05) is 39.5 Å². The molecule has 0 spiro atoms. The standard InChI is InChI=1S/C28H19ClF2N4O4/c29-20-6-4-14(30)9-17(20)26-25-19(27(38)33-26)11-16(34-8-2-1-3-24(34)37)12-21(25)32-28(39)35-13-23(36)18-10-15(31)5-7-22(18)35/h1-12,23,26,36H,13H2,(H,32,39)(H,33,38)/t23-,26+/m0/s1. The van der Waals surface area contributed by atoms with Crippen LogP contribution >= 0.6 is 11.6 Å². The predicted molar refractivity (Wildman–Crippen MR) is 140 cm³/mol. The average molecular weight is 549 g/mol. The number of aliphatic hydroxyl groups excluding tert-OH is 1. The molecule has 0 saturated carbocycles. The van der Waals surface area contributed by atoms with Crippen molar-refractivity contribution in [2.75, 3.05) is 16.8 Å². The molecular formula is C28H19ClF2N4O4. The number of halogens is 3. The summed E-state index contributed by atoms with van der Waals surface area (Å²) in [6.45, 7) is -0.124. The smallest absolute Gasteiger partial charge is 0.326 e. The Morgan fingerprint density at radius 1 is 1.00 bits per heavy atom. The summed E-state index contributed by atoms with van der Waals surface area (Å²) in [6, 6.07) is 13.5. The highest BCUT2D eigenvalue weighted by atomic mass is 35.5. The molecule has 0 unspecified atom stereocenters. The Kier molecular flexibility index (Phi) is 5.93. The zero-order chi connectivity index (χ0) is 27.4. The molecule has 11 heteroatoms. The average Bonchev–Trinajstić information content (AvgIpc) is 3.42. The molecule has 1 aromatic heterocycles. The van der Waals surface area contributed by atoms with Crippen molar-refractivity contribution in [1.29, 1.82) is 0 Å². The van der Waals surface area contributed by atoms with Gasteiger partial charge >= 0.3 is 6.03 Å². The van der Waals surface area contributed by atoms with Gasteiger partial charge in [-0.2, -0.15) is 0 Å². The van der Waals surface area contributed by atoms with E-state index < -0.39 is 35.7 Å². The minimum absolute atomic E-state index is 0.124. The quantitative estimate of drug-likeness (QED) is 0.346. The molecular weight excluding hydrogens is 530 g/mol.